The minimum atomic E-state index is -0.918. The van der Waals surface area contributed by atoms with E-state index in [1.54, 1.807) is 4.57 Å². The molecule has 0 aliphatic carbocycles. The van der Waals surface area contributed by atoms with Crippen molar-refractivity contribution in [3.8, 4) is 5.75 Å². The molecule has 0 aliphatic heterocycles. The molecule has 0 fully saturated rings. The van der Waals surface area contributed by atoms with Crippen molar-refractivity contribution in [1.29, 1.82) is 0 Å². The first-order valence-corrected chi connectivity index (χ1v) is 11.6. The van der Waals surface area contributed by atoms with Crippen LogP contribution >= 0.6 is 23.4 Å². The number of halogens is 1. The van der Waals surface area contributed by atoms with Gasteiger partial charge in [0.2, 0.25) is 0 Å². The Bertz CT molecular complexity index is 1410. The number of nitrogens with one attached hydrogen (secondary N) is 1. The summed E-state index contributed by atoms with van der Waals surface area (Å²) in [6, 6.07) is 15.0. The van der Waals surface area contributed by atoms with Crippen LogP contribution in [0.4, 0.5) is 0 Å². The van der Waals surface area contributed by atoms with Crippen LogP contribution in [0.25, 0.3) is 11.2 Å². The van der Waals surface area contributed by atoms with Gasteiger partial charge in [0.1, 0.15) is 18.5 Å². The van der Waals surface area contributed by atoms with Crippen LogP contribution in [0.5, 0.6) is 5.75 Å². The Kier molecular flexibility index (Phi) is 6.92. The minimum absolute atomic E-state index is 0.0306. The molecule has 0 aliphatic rings. The van der Waals surface area contributed by atoms with Crippen molar-refractivity contribution >= 4 is 34.5 Å². The number of hydrogen-bond donors (Lipinski definition) is 2. The molecule has 0 amide bonds. The lowest BCUT2D eigenvalue weighted by Crippen LogP contribution is -2.30. The number of thioether (sulfide) groups is 1. The SMILES string of the molecule is Cc1ccccc1OCC(O)Cn1c(SCc2ccccc2Cl)nc2c1c(=O)[nH]c(=O)n2C. The van der Waals surface area contributed by atoms with E-state index in [-0.39, 0.29) is 24.3 Å². The van der Waals surface area contributed by atoms with Crippen LogP contribution in [0.1, 0.15) is 11.1 Å². The normalized spacial score (nSPS) is 12.2. The van der Waals surface area contributed by atoms with Crippen molar-refractivity contribution in [1.82, 2.24) is 19.1 Å². The Hall–Kier alpha value is -3.01. The van der Waals surface area contributed by atoms with Crippen LogP contribution in [0, 0.1) is 6.92 Å². The third kappa shape index (κ3) is 5.00. The number of H-pyrrole nitrogens is 1. The predicted octanol–water partition coefficient (Wildman–Crippen LogP) is 3.12. The molecule has 2 aromatic heterocycles. The molecular formula is C23H23ClN4O4S. The molecule has 8 nitrogen and oxygen atoms in total. The lowest BCUT2D eigenvalue weighted by Gasteiger charge is -2.16. The zero-order chi connectivity index (χ0) is 23.5. The molecule has 0 spiro atoms. The van der Waals surface area contributed by atoms with Gasteiger partial charge < -0.3 is 14.4 Å². The van der Waals surface area contributed by atoms with Gasteiger partial charge in [0, 0.05) is 17.8 Å². The topological polar surface area (TPSA) is 102 Å². The van der Waals surface area contributed by atoms with Gasteiger partial charge in [-0.1, -0.05) is 59.8 Å². The van der Waals surface area contributed by atoms with Crippen LogP contribution in [0.15, 0.2) is 63.3 Å². The Morgan fingerprint density at radius 1 is 1.18 bits per heavy atom. The Morgan fingerprint density at radius 2 is 1.91 bits per heavy atom. The van der Waals surface area contributed by atoms with Gasteiger partial charge in [-0.15, -0.1) is 0 Å². The number of rotatable bonds is 8. The Balaban J connectivity index is 1.64. The van der Waals surface area contributed by atoms with Crippen LogP contribution < -0.4 is 16.0 Å². The zero-order valence-corrected chi connectivity index (χ0v) is 19.7. The second-order valence-electron chi connectivity index (χ2n) is 7.61. The summed E-state index contributed by atoms with van der Waals surface area (Å²) in [5, 5.41) is 11.8. The molecule has 33 heavy (non-hydrogen) atoms. The van der Waals surface area contributed by atoms with E-state index in [2.05, 4.69) is 9.97 Å². The molecule has 0 radical (unpaired) electrons. The van der Waals surface area contributed by atoms with E-state index < -0.39 is 17.4 Å². The standard InChI is InChI=1S/C23H23ClN4O4S/c1-14-7-3-6-10-18(14)32-12-16(29)11-28-19-20(27(2)22(31)26-21(19)30)25-23(28)33-13-15-8-4-5-9-17(15)24/h3-10,16,29H,11-13H2,1-2H3,(H,26,30,31). The summed E-state index contributed by atoms with van der Waals surface area (Å²) in [5.74, 6) is 1.19. The lowest BCUT2D eigenvalue weighted by molar-refractivity contribution is 0.0910. The number of para-hydroxylation sites is 1. The molecule has 10 heteroatoms. The van der Waals surface area contributed by atoms with Crippen LogP contribution in [0.3, 0.4) is 0 Å². The second-order valence-corrected chi connectivity index (χ2v) is 8.96. The Morgan fingerprint density at radius 3 is 2.67 bits per heavy atom. The fourth-order valence-electron chi connectivity index (χ4n) is 3.42. The number of aromatic amines is 1. The van der Waals surface area contributed by atoms with Gasteiger partial charge in [-0.2, -0.15) is 0 Å². The summed E-state index contributed by atoms with van der Waals surface area (Å²) in [6.07, 6.45) is -0.918. The van der Waals surface area contributed by atoms with E-state index in [4.69, 9.17) is 16.3 Å². The van der Waals surface area contributed by atoms with Gasteiger partial charge in [-0.25, -0.2) is 9.78 Å². The number of nitrogens with zero attached hydrogens (tertiary/aromatic N) is 3. The number of hydrogen-bond acceptors (Lipinski definition) is 6. The molecule has 2 N–H and O–H groups in total. The van der Waals surface area contributed by atoms with Crippen molar-refractivity contribution in [2.75, 3.05) is 6.61 Å². The number of aliphatic hydroxyl groups excluding tert-OH is 1. The lowest BCUT2D eigenvalue weighted by atomic mass is 10.2. The molecule has 172 valence electrons. The molecule has 2 aromatic carbocycles. The molecule has 4 rings (SSSR count). The summed E-state index contributed by atoms with van der Waals surface area (Å²) in [4.78, 5) is 31.6. The molecular weight excluding hydrogens is 464 g/mol. The summed E-state index contributed by atoms with van der Waals surface area (Å²) >= 11 is 7.65. The van der Waals surface area contributed by atoms with Crippen LogP contribution in [0.2, 0.25) is 5.02 Å². The van der Waals surface area contributed by atoms with Gasteiger partial charge in [0.15, 0.2) is 16.3 Å². The third-order valence-corrected chi connectivity index (χ3v) is 6.60. The van der Waals surface area contributed by atoms with Gasteiger partial charge in [0.25, 0.3) is 5.56 Å². The summed E-state index contributed by atoms with van der Waals surface area (Å²) < 4.78 is 8.67. The number of aromatic nitrogens is 4. The van der Waals surface area contributed by atoms with Gasteiger partial charge in [-0.3, -0.25) is 14.3 Å². The maximum Gasteiger partial charge on any atom is 0.329 e. The first-order chi connectivity index (χ1) is 15.8. The first-order valence-electron chi connectivity index (χ1n) is 10.3. The van der Waals surface area contributed by atoms with E-state index in [9.17, 15) is 14.7 Å². The van der Waals surface area contributed by atoms with E-state index in [0.29, 0.717) is 21.7 Å². The number of fused-ring (bicyclic) bond motifs is 1. The zero-order valence-electron chi connectivity index (χ0n) is 18.1. The first kappa shape index (κ1) is 23.2. The van der Waals surface area contributed by atoms with Crippen LogP contribution in [-0.2, 0) is 19.3 Å². The number of imidazole rings is 1. The van der Waals surface area contributed by atoms with Gasteiger partial charge >= 0.3 is 5.69 Å². The van der Waals surface area contributed by atoms with E-state index in [1.165, 1.54) is 23.4 Å². The highest BCUT2D eigenvalue weighted by Gasteiger charge is 2.20. The summed E-state index contributed by atoms with van der Waals surface area (Å²) in [5.41, 5.74) is 1.22. The maximum absolute atomic E-state index is 12.6. The molecule has 0 saturated carbocycles. The van der Waals surface area contributed by atoms with Crippen LogP contribution in [-0.4, -0.2) is 36.9 Å². The number of ether oxygens (including phenoxy) is 1. The van der Waals surface area contributed by atoms with Crippen molar-refractivity contribution in [3.05, 3.63) is 85.5 Å². The summed E-state index contributed by atoms with van der Waals surface area (Å²) in [7, 11) is 1.54. The second kappa shape index (κ2) is 9.86. The van der Waals surface area contributed by atoms with E-state index >= 15 is 0 Å². The Labute approximate surface area is 198 Å². The third-order valence-electron chi connectivity index (χ3n) is 5.20. The molecule has 1 atom stereocenters. The van der Waals surface area contributed by atoms with Crippen molar-refractivity contribution in [3.63, 3.8) is 0 Å². The monoisotopic (exact) mass is 486 g/mol. The van der Waals surface area contributed by atoms with E-state index in [0.717, 1.165) is 11.1 Å². The highest BCUT2D eigenvalue weighted by Crippen LogP contribution is 2.28. The van der Waals surface area contributed by atoms with Gasteiger partial charge in [0.05, 0.1) is 6.54 Å². The number of aryl methyl sites for hydroxylation is 2. The number of benzene rings is 2. The van der Waals surface area contributed by atoms with Crippen molar-refractivity contribution in [2.45, 2.75) is 30.5 Å². The average molecular weight is 487 g/mol. The minimum Gasteiger partial charge on any atom is -0.491 e. The largest absolute Gasteiger partial charge is 0.491 e. The molecule has 4 aromatic rings. The average Bonchev–Trinajstić information content (AvgIpc) is 3.15. The number of aliphatic hydroxyl groups is 1. The fraction of sp³-hybridized carbons (Fsp3) is 0.261. The molecule has 1 unspecified atom stereocenters. The maximum atomic E-state index is 12.6. The smallest absolute Gasteiger partial charge is 0.329 e. The molecule has 0 saturated heterocycles. The molecule has 2 heterocycles. The highest BCUT2D eigenvalue weighted by atomic mass is 35.5. The van der Waals surface area contributed by atoms with E-state index in [1.807, 2.05) is 55.5 Å². The summed E-state index contributed by atoms with van der Waals surface area (Å²) in [6.45, 7) is 2.02. The van der Waals surface area contributed by atoms with Crippen molar-refractivity contribution in [2.24, 2.45) is 7.05 Å². The highest BCUT2D eigenvalue weighted by molar-refractivity contribution is 7.98. The molecule has 0 bridgehead atoms. The fourth-order valence-corrected chi connectivity index (χ4v) is 4.71. The van der Waals surface area contributed by atoms with Crippen molar-refractivity contribution < 1.29 is 9.84 Å². The van der Waals surface area contributed by atoms with Gasteiger partial charge in [-0.05, 0) is 30.2 Å². The predicted molar refractivity (Wildman–Crippen MR) is 129 cm³/mol. The quantitative estimate of drug-likeness (QED) is 0.371.